The lowest BCUT2D eigenvalue weighted by molar-refractivity contribution is -0.130. The second-order valence-electron chi connectivity index (χ2n) is 7.63. The summed E-state index contributed by atoms with van der Waals surface area (Å²) in [4.78, 5) is 21.1. The van der Waals surface area contributed by atoms with E-state index in [1.165, 1.54) is 4.31 Å². The van der Waals surface area contributed by atoms with Crippen LogP contribution < -0.4 is 4.90 Å². The number of para-hydroxylation sites is 1. The average molecular weight is 415 g/mol. The normalized spacial score (nSPS) is 23.2. The van der Waals surface area contributed by atoms with E-state index >= 15 is 0 Å². The number of anilines is 1. The summed E-state index contributed by atoms with van der Waals surface area (Å²) in [5.41, 5.74) is 1.48. The van der Waals surface area contributed by atoms with Crippen LogP contribution in [-0.4, -0.2) is 60.7 Å². The van der Waals surface area contributed by atoms with E-state index in [4.69, 9.17) is 0 Å². The molecule has 0 spiro atoms. The van der Waals surface area contributed by atoms with Crippen molar-refractivity contribution in [2.24, 2.45) is 0 Å². The third-order valence-electron chi connectivity index (χ3n) is 5.90. The maximum Gasteiger partial charge on any atom is 0.245 e. The Labute approximate surface area is 172 Å². The summed E-state index contributed by atoms with van der Waals surface area (Å²) in [6, 6.07) is 10.4. The highest BCUT2D eigenvalue weighted by molar-refractivity contribution is 7.89. The summed E-state index contributed by atoms with van der Waals surface area (Å²) in [6.45, 7) is 3.19. The zero-order chi connectivity index (χ0) is 20.6. The Morgan fingerprint density at radius 1 is 1.21 bits per heavy atom. The first-order valence-corrected chi connectivity index (χ1v) is 11.4. The Morgan fingerprint density at radius 3 is 2.72 bits per heavy atom. The van der Waals surface area contributed by atoms with Crippen molar-refractivity contribution in [2.45, 2.75) is 43.3 Å². The number of benzene rings is 1. The molecule has 3 heterocycles. The zero-order valence-electron chi connectivity index (χ0n) is 16.7. The number of carbonyl (C=O) groups excluding carboxylic acids is 1. The van der Waals surface area contributed by atoms with E-state index in [0.717, 1.165) is 18.4 Å². The molecule has 154 valence electrons. The van der Waals surface area contributed by atoms with Gasteiger partial charge in [0.2, 0.25) is 15.9 Å². The van der Waals surface area contributed by atoms with E-state index in [0.29, 0.717) is 18.8 Å². The Hall–Kier alpha value is -2.45. The Morgan fingerprint density at radius 2 is 2.00 bits per heavy atom. The van der Waals surface area contributed by atoms with Gasteiger partial charge in [0.05, 0.1) is 5.69 Å². The lowest BCUT2D eigenvalue weighted by atomic mass is 10.1. The quantitative estimate of drug-likeness (QED) is 0.766. The molecule has 1 saturated heterocycles. The maximum atomic E-state index is 13.5. The van der Waals surface area contributed by atoms with Gasteiger partial charge in [-0.05, 0) is 43.5 Å². The van der Waals surface area contributed by atoms with E-state index in [1.807, 2.05) is 36.1 Å². The van der Waals surface area contributed by atoms with Gasteiger partial charge < -0.3 is 9.80 Å². The average Bonchev–Trinajstić information content (AvgIpc) is 3.12. The van der Waals surface area contributed by atoms with Crippen molar-refractivity contribution >= 4 is 21.6 Å². The summed E-state index contributed by atoms with van der Waals surface area (Å²) in [7, 11) is -1.90. The predicted molar refractivity (Wildman–Crippen MR) is 111 cm³/mol. The zero-order valence-corrected chi connectivity index (χ0v) is 17.5. The first kappa shape index (κ1) is 19.8. The van der Waals surface area contributed by atoms with Crippen LogP contribution in [0.5, 0.6) is 0 Å². The summed E-state index contributed by atoms with van der Waals surface area (Å²) in [5, 5.41) is 0. The van der Waals surface area contributed by atoms with Gasteiger partial charge in [0, 0.05) is 45.1 Å². The summed E-state index contributed by atoms with van der Waals surface area (Å²) < 4.78 is 28.6. The van der Waals surface area contributed by atoms with E-state index in [2.05, 4.69) is 4.98 Å². The molecule has 2 aromatic rings. The Kier molecular flexibility index (Phi) is 5.31. The highest BCUT2D eigenvalue weighted by Crippen LogP contribution is 2.40. The van der Waals surface area contributed by atoms with Crippen molar-refractivity contribution in [3.63, 3.8) is 0 Å². The number of hydrogen-bond acceptors (Lipinski definition) is 5. The molecule has 0 saturated carbocycles. The second kappa shape index (κ2) is 7.76. The molecule has 2 aliphatic heterocycles. The molecular formula is C21H26N4O3S. The fourth-order valence-corrected chi connectivity index (χ4v) is 5.94. The Balaban J connectivity index is 1.77. The molecule has 4 rings (SSSR count). The maximum absolute atomic E-state index is 13.5. The fourth-order valence-electron chi connectivity index (χ4n) is 4.29. The molecule has 2 aliphatic rings. The number of carbonyl (C=O) groups is 1. The smallest absolute Gasteiger partial charge is 0.245 e. The largest absolute Gasteiger partial charge is 0.354 e. The van der Waals surface area contributed by atoms with Gasteiger partial charge >= 0.3 is 0 Å². The van der Waals surface area contributed by atoms with Crippen LogP contribution in [0.2, 0.25) is 0 Å². The van der Waals surface area contributed by atoms with Gasteiger partial charge in [-0.25, -0.2) is 8.42 Å². The van der Waals surface area contributed by atoms with Crippen LogP contribution in [0.15, 0.2) is 53.7 Å². The summed E-state index contributed by atoms with van der Waals surface area (Å²) in [5.74, 6) is 0.0444. The molecule has 1 aromatic heterocycles. The number of amides is 1. The van der Waals surface area contributed by atoms with Crippen LogP contribution in [0, 0.1) is 0 Å². The number of rotatable bonds is 4. The number of sulfonamides is 1. The van der Waals surface area contributed by atoms with Crippen LogP contribution in [0.4, 0.5) is 5.69 Å². The minimum Gasteiger partial charge on any atom is -0.354 e. The Bertz CT molecular complexity index is 996. The highest BCUT2D eigenvalue weighted by Gasteiger charge is 2.45. The molecule has 0 radical (unpaired) electrons. The number of hydrogen-bond donors (Lipinski definition) is 0. The minimum atomic E-state index is -3.70. The lowest BCUT2D eigenvalue weighted by Crippen LogP contribution is -2.48. The van der Waals surface area contributed by atoms with Crippen molar-refractivity contribution in [2.75, 3.05) is 25.0 Å². The van der Waals surface area contributed by atoms with Crippen LogP contribution in [0.1, 0.15) is 25.3 Å². The van der Waals surface area contributed by atoms with Crippen LogP contribution in [0.3, 0.4) is 0 Å². The molecule has 1 aromatic carbocycles. The van der Waals surface area contributed by atoms with Gasteiger partial charge in [-0.3, -0.25) is 9.78 Å². The molecule has 7 nitrogen and oxygen atoms in total. The number of pyridine rings is 1. The topological polar surface area (TPSA) is 73.8 Å². The third kappa shape index (κ3) is 3.51. The number of aromatic nitrogens is 1. The van der Waals surface area contributed by atoms with E-state index < -0.39 is 10.0 Å². The van der Waals surface area contributed by atoms with Gasteiger partial charge in [-0.2, -0.15) is 4.31 Å². The number of likely N-dealkylation sites (N-methyl/N-ethyl adjacent to an activating group) is 1. The molecule has 0 aliphatic carbocycles. The van der Waals surface area contributed by atoms with Gasteiger partial charge in [0.1, 0.15) is 10.9 Å². The molecular weight excluding hydrogens is 388 g/mol. The van der Waals surface area contributed by atoms with Crippen molar-refractivity contribution < 1.29 is 13.2 Å². The fraction of sp³-hybridized carbons (Fsp3) is 0.429. The molecule has 0 bridgehead atoms. The molecule has 1 fully saturated rings. The van der Waals surface area contributed by atoms with E-state index in [9.17, 15) is 13.2 Å². The van der Waals surface area contributed by atoms with Crippen molar-refractivity contribution in [3.05, 3.63) is 54.4 Å². The monoisotopic (exact) mass is 414 g/mol. The molecule has 2 atom stereocenters. The lowest BCUT2D eigenvalue weighted by Gasteiger charge is -2.33. The van der Waals surface area contributed by atoms with Gasteiger partial charge in [-0.15, -0.1) is 0 Å². The van der Waals surface area contributed by atoms with Gasteiger partial charge in [-0.1, -0.05) is 18.2 Å². The first-order valence-electron chi connectivity index (χ1n) is 9.95. The van der Waals surface area contributed by atoms with Crippen LogP contribution >= 0.6 is 0 Å². The standard InChI is InChI=1S/C21H26N4O3S/c1-3-23(2)21(26)19-11-10-17-15-24(14-16-7-6-12-22-13-16)29(27,28)20-9-5-4-8-18(20)25(17)19/h4-9,12-13,17,19H,3,10-11,14-15H2,1-2H3. The predicted octanol–water partition coefficient (Wildman–Crippen LogP) is 2.10. The SMILES string of the molecule is CCN(C)C(=O)C1CCC2CN(Cc3cccnc3)S(=O)(=O)c3ccccc3N21. The van der Waals surface area contributed by atoms with Crippen LogP contribution in [0.25, 0.3) is 0 Å². The minimum absolute atomic E-state index is 0.0377. The summed E-state index contributed by atoms with van der Waals surface area (Å²) >= 11 is 0. The number of fused-ring (bicyclic) bond motifs is 3. The molecule has 2 unspecified atom stereocenters. The molecule has 8 heteroatoms. The first-order chi connectivity index (χ1) is 13.9. The third-order valence-corrected chi connectivity index (χ3v) is 7.75. The van der Waals surface area contributed by atoms with Gasteiger partial charge in [0.15, 0.2) is 0 Å². The van der Waals surface area contributed by atoms with Crippen molar-refractivity contribution in [3.8, 4) is 0 Å². The van der Waals surface area contributed by atoms with Crippen molar-refractivity contribution in [1.29, 1.82) is 0 Å². The number of nitrogens with zero attached hydrogens (tertiary/aromatic N) is 4. The molecule has 29 heavy (non-hydrogen) atoms. The van der Waals surface area contributed by atoms with Gasteiger partial charge in [0.25, 0.3) is 0 Å². The van der Waals surface area contributed by atoms with E-state index in [1.54, 1.807) is 36.5 Å². The van der Waals surface area contributed by atoms with E-state index in [-0.39, 0.29) is 29.4 Å². The van der Waals surface area contributed by atoms with Crippen LogP contribution in [-0.2, 0) is 21.4 Å². The highest BCUT2D eigenvalue weighted by atomic mass is 32.2. The molecule has 0 N–H and O–H groups in total. The second-order valence-corrected chi connectivity index (χ2v) is 9.54. The van der Waals surface area contributed by atoms with Crippen molar-refractivity contribution in [1.82, 2.24) is 14.2 Å². The molecule has 1 amide bonds. The summed E-state index contributed by atoms with van der Waals surface area (Å²) in [6.07, 6.45) is 4.88.